The first-order valence-corrected chi connectivity index (χ1v) is 10.4. The predicted octanol–water partition coefficient (Wildman–Crippen LogP) is 6.63. The molecule has 2 aromatic carbocycles. The summed E-state index contributed by atoms with van der Waals surface area (Å²) in [7, 11) is 0. The first-order valence-electron chi connectivity index (χ1n) is 8.70. The van der Waals surface area contributed by atoms with Gasteiger partial charge in [-0.2, -0.15) is 18.3 Å². The summed E-state index contributed by atoms with van der Waals surface area (Å²) in [5, 5.41) is 8.31. The summed E-state index contributed by atoms with van der Waals surface area (Å²) in [6.45, 7) is 0. The van der Waals surface area contributed by atoms with Crippen LogP contribution in [0.5, 0.6) is 0 Å². The quantitative estimate of drug-likeness (QED) is 0.348. The molecule has 0 saturated carbocycles. The Morgan fingerprint density at radius 3 is 2.33 bits per heavy atom. The van der Waals surface area contributed by atoms with E-state index in [1.807, 2.05) is 0 Å². The molecule has 152 valence electrons. The Morgan fingerprint density at radius 1 is 1.03 bits per heavy atom. The fourth-order valence-electron chi connectivity index (χ4n) is 2.81. The molecule has 0 unspecified atom stereocenters. The lowest BCUT2D eigenvalue weighted by Gasteiger charge is -2.09. The van der Waals surface area contributed by atoms with E-state index in [0.29, 0.717) is 27.5 Å². The molecule has 9 heteroatoms. The maximum atomic E-state index is 13.2. The number of anilines is 1. The van der Waals surface area contributed by atoms with Crippen molar-refractivity contribution in [3.8, 4) is 16.3 Å². The number of hydrogen-bond acceptors (Lipinski definition) is 3. The number of carbonyl (C=O) groups excluding carboxylic acids is 1. The molecule has 0 aliphatic rings. The first kappa shape index (κ1) is 20.4. The molecule has 30 heavy (non-hydrogen) atoms. The topological polar surface area (TPSA) is 46.9 Å². The second-order valence-electron chi connectivity index (χ2n) is 6.31. The zero-order chi connectivity index (χ0) is 21.3. The normalized spacial score (nSPS) is 11.5. The molecule has 2 heterocycles. The Labute approximate surface area is 182 Å². The SMILES string of the molecule is O=C(Nc1ccc(Br)cc1)c1ccc(-n2nc(C(F)(F)F)cc2-c2cccs2)cc1. The third-order valence-corrected chi connectivity index (χ3v) is 5.67. The fraction of sp³-hybridized carbons (Fsp3) is 0.0476. The number of alkyl halides is 3. The minimum absolute atomic E-state index is 0.321. The van der Waals surface area contributed by atoms with Gasteiger partial charge in [0.2, 0.25) is 0 Å². The van der Waals surface area contributed by atoms with Gasteiger partial charge in [-0.25, -0.2) is 4.68 Å². The van der Waals surface area contributed by atoms with Crippen LogP contribution in [0.3, 0.4) is 0 Å². The van der Waals surface area contributed by atoms with Crippen molar-refractivity contribution in [2.24, 2.45) is 0 Å². The van der Waals surface area contributed by atoms with Crippen LogP contribution in [0, 0.1) is 0 Å². The van der Waals surface area contributed by atoms with Crippen molar-refractivity contribution >= 4 is 38.9 Å². The number of rotatable bonds is 4. The highest BCUT2D eigenvalue weighted by atomic mass is 79.9. The van der Waals surface area contributed by atoms with Gasteiger partial charge in [-0.05, 0) is 66.0 Å². The highest BCUT2D eigenvalue weighted by Crippen LogP contribution is 2.34. The van der Waals surface area contributed by atoms with Gasteiger partial charge in [-0.3, -0.25) is 4.79 Å². The van der Waals surface area contributed by atoms with Crippen LogP contribution in [0.2, 0.25) is 0 Å². The zero-order valence-electron chi connectivity index (χ0n) is 15.2. The summed E-state index contributed by atoms with van der Waals surface area (Å²) in [6.07, 6.45) is -4.55. The lowest BCUT2D eigenvalue weighted by Crippen LogP contribution is -2.12. The Morgan fingerprint density at radius 2 is 1.73 bits per heavy atom. The van der Waals surface area contributed by atoms with Crippen molar-refractivity contribution in [1.29, 1.82) is 0 Å². The number of nitrogens with one attached hydrogen (secondary N) is 1. The Kier molecular flexibility index (Phi) is 5.48. The molecule has 0 aliphatic heterocycles. The number of nitrogens with zero attached hydrogens (tertiary/aromatic N) is 2. The van der Waals surface area contributed by atoms with Crippen molar-refractivity contribution in [1.82, 2.24) is 9.78 Å². The molecule has 0 aliphatic carbocycles. The van der Waals surface area contributed by atoms with Crippen LogP contribution in [-0.2, 0) is 6.18 Å². The van der Waals surface area contributed by atoms with Gasteiger partial charge in [-0.1, -0.05) is 22.0 Å². The molecule has 0 fully saturated rings. The summed E-state index contributed by atoms with van der Waals surface area (Å²) in [4.78, 5) is 13.1. The third-order valence-electron chi connectivity index (χ3n) is 4.25. The molecule has 0 radical (unpaired) electrons. The molecule has 0 atom stereocenters. The van der Waals surface area contributed by atoms with Crippen molar-refractivity contribution in [3.05, 3.63) is 87.8 Å². The average Bonchev–Trinajstić information content (AvgIpc) is 3.39. The summed E-state index contributed by atoms with van der Waals surface area (Å²) in [5.74, 6) is -0.321. The van der Waals surface area contributed by atoms with E-state index in [1.54, 1.807) is 66.0 Å². The molecule has 1 N–H and O–H groups in total. The van der Waals surface area contributed by atoms with Crippen molar-refractivity contribution < 1.29 is 18.0 Å². The molecule has 0 bridgehead atoms. The minimum Gasteiger partial charge on any atom is -0.322 e. The van der Waals surface area contributed by atoms with Gasteiger partial charge < -0.3 is 5.32 Å². The highest BCUT2D eigenvalue weighted by Gasteiger charge is 2.35. The Bertz CT molecular complexity index is 1170. The van der Waals surface area contributed by atoms with E-state index < -0.39 is 11.9 Å². The van der Waals surface area contributed by atoms with E-state index in [2.05, 4.69) is 26.3 Å². The van der Waals surface area contributed by atoms with Crippen LogP contribution >= 0.6 is 27.3 Å². The van der Waals surface area contributed by atoms with Gasteiger partial charge in [0, 0.05) is 15.7 Å². The van der Waals surface area contributed by atoms with E-state index in [1.165, 1.54) is 16.0 Å². The van der Waals surface area contributed by atoms with E-state index in [4.69, 9.17) is 0 Å². The van der Waals surface area contributed by atoms with Gasteiger partial charge in [0.25, 0.3) is 5.91 Å². The largest absolute Gasteiger partial charge is 0.435 e. The smallest absolute Gasteiger partial charge is 0.322 e. The fourth-order valence-corrected chi connectivity index (χ4v) is 3.80. The lowest BCUT2D eigenvalue weighted by molar-refractivity contribution is -0.141. The van der Waals surface area contributed by atoms with Crippen LogP contribution in [-0.4, -0.2) is 15.7 Å². The van der Waals surface area contributed by atoms with Gasteiger partial charge in [0.1, 0.15) is 0 Å². The van der Waals surface area contributed by atoms with E-state index >= 15 is 0 Å². The monoisotopic (exact) mass is 491 g/mol. The van der Waals surface area contributed by atoms with E-state index in [9.17, 15) is 18.0 Å². The summed E-state index contributed by atoms with van der Waals surface area (Å²) >= 11 is 4.65. The number of aromatic nitrogens is 2. The van der Waals surface area contributed by atoms with Crippen LogP contribution in [0.4, 0.5) is 18.9 Å². The zero-order valence-corrected chi connectivity index (χ0v) is 17.6. The van der Waals surface area contributed by atoms with Gasteiger partial charge in [0.05, 0.1) is 16.3 Å². The first-order chi connectivity index (χ1) is 14.3. The molecule has 0 saturated heterocycles. The van der Waals surface area contributed by atoms with E-state index in [0.717, 1.165) is 10.5 Å². The van der Waals surface area contributed by atoms with E-state index in [-0.39, 0.29) is 5.91 Å². The molecule has 4 nitrogen and oxygen atoms in total. The summed E-state index contributed by atoms with van der Waals surface area (Å²) in [6, 6.07) is 17.9. The van der Waals surface area contributed by atoms with Crippen molar-refractivity contribution in [2.45, 2.75) is 6.18 Å². The molecular formula is C21H13BrF3N3OS. The molecule has 4 aromatic rings. The number of thiophene rings is 1. The van der Waals surface area contributed by atoms with Gasteiger partial charge >= 0.3 is 6.18 Å². The number of halogens is 4. The number of amides is 1. The maximum absolute atomic E-state index is 13.2. The average molecular weight is 492 g/mol. The number of carbonyl (C=O) groups is 1. The third kappa shape index (κ3) is 4.31. The molecule has 2 aromatic heterocycles. The number of hydrogen-bond donors (Lipinski definition) is 1. The standard InChI is InChI=1S/C21H13BrF3N3OS/c22-14-5-7-15(8-6-14)26-20(29)13-3-9-16(10-4-13)28-17(18-2-1-11-30-18)12-19(27-28)21(23,24)25/h1-12H,(H,26,29). The molecule has 4 rings (SSSR count). The molecule has 0 spiro atoms. The summed E-state index contributed by atoms with van der Waals surface area (Å²) in [5.41, 5.74) is 0.804. The van der Waals surface area contributed by atoms with Crippen LogP contribution in [0.25, 0.3) is 16.3 Å². The second kappa shape index (κ2) is 8.08. The number of benzene rings is 2. The van der Waals surface area contributed by atoms with Crippen LogP contribution in [0.15, 0.2) is 76.6 Å². The predicted molar refractivity (Wildman–Crippen MR) is 114 cm³/mol. The lowest BCUT2D eigenvalue weighted by atomic mass is 10.2. The van der Waals surface area contributed by atoms with Gasteiger partial charge in [-0.15, -0.1) is 11.3 Å². The molecule has 1 amide bonds. The second-order valence-corrected chi connectivity index (χ2v) is 8.17. The highest BCUT2D eigenvalue weighted by molar-refractivity contribution is 9.10. The van der Waals surface area contributed by atoms with Crippen LogP contribution < -0.4 is 5.32 Å². The van der Waals surface area contributed by atoms with Crippen LogP contribution in [0.1, 0.15) is 16.1 Å². The van der Waals surface area contributed by atoms with Gasteiger partial charge in [0.15, 0.2) is 5.69 Å². The molecular weight excluding hydrogens is 479 g/mol. The Hall–Kier alpha value is -2.91. The van der Waals surface area contributed by atoms with Crippen molar-refractivity contribution in [2.75, 3.05) is 5.32 Å². The minimum atomic E-state index is -4.55. The maximum Gasteiger partial charge on any atom is 0.435 e. The van der Waals surface area contributed by atoms with Crippen molar-refractivity contribution in [3.63, 3.8) is 0 Å². The Balaban J connectivity index is 1.63. The summed E-state index contributed by atoms with van der Waals surface area (Å²) < 4.78 is 41.8.